The third-order valence-electron chi connectivity index (χ3n) is 3.60. The Balaban J connectivity index is 2.00. The molecule has 4 nitrogen and oxygen atoms in total. The standard InChI is InChI=1S/C16H13BrO4S/c1-10-2-4-11(5-3-10)8-15-16(18)13-9-12(17)6-7-14(13)21-22(15,19)20/h2-7,9,15H,8H2,1H3. The zero-order valence-corrected chi connectivity index (χ0v) is 14.1. The van der Waals surface area contributed by atoms with E-state index in [1.807, 2.05) is 31.2 Å². The van der Waals surface area contributed by atoms with Gasteiger partial charge in [-0.15, -0.1) is 0 Å². The number of aryl methyl sites for hydroxylation is 1. The van der Waals surface area contributed by atoms with Crippen molar-refractivity contribution in [1.82, 2.24) is 0 Å². The fraction of sp³-hybridized carbons (Fsp3) is 0.188. The van der Waals surface area contributed by atoms with Crippen molar-refractivity contribution < 1.29 is 17.4 Å². The van der Waals surface area contributed by atoms with Crippen molar-refractivity contribution in [3.8, 4) is 5.75 Å². The van der Waals surface area contributed by atoms with E-state index in [0.717, 1.165) is 11.1 Å². The lowest BCUT2D eigenvalue weighted by atomic mass is 10.0. The lowest BCUT2D eigenvalue weighted by Crippen LogP contribution is -2.39. The smallest absolute Gasteiger partial charge is 0.320 e. The van der Waals surface area contributed by atoms with Crippen LogP contribution < -0.4 is 4.18 Å². The van der Waals surface area contributed by atoms with Crippen LogP contribution in [0.25, 0.3) is 0 Å². The maximum atomic E-state index is 12.6. The minimum Gasteiger partial charge on any atom is -0.381 e. The highest BCUT2D eigenvalue weighted by atomic mass is 79.9. The highest BCUT2D eigenvalue weighted by Crippen LogP contribution is 2.33. The van der Waals surface area contributed by atoms with Crippen LogP contribution in [-0.4, -0.2) is 19.5 Å². The molecule has 1 unspecified atom stereocenters. The van der Waals surface area contributed by atoms with Gasteiger partial charge in [0.2, 0.25) is 0 Å². The fourth-order valence-electron chi connectivity index (χ4n) is 2.39. The Morgan fingerprint density at radius 1 is 1.14 bits per heavy atom. The van der Waals surface area contributed by atoms with Crippen LogP contribution in [-0.2, 0) is 16.5 Å². The monoisotopic (exact) mass is 380 g/mol. The van der Waals surface area contributed by atoms with Gasteiger partial charge in [-0.25, -0.2) is 0 Å². The summed E-state index contributed by atoms with van der Waals surface area (Å²) in [5.74, 6) is -0.337. The number of hydrogen-bond acceptors (Lipinski definition) is 4. The summed E-state index contributed by atoms with van der Waals surface area (Å²) < 4.78 is 30.3. The highest BCUT2D eigenvalue weighted by molar-refractivity contribution is 9.10. The second-order valence-corrected chi connectivity index (χ2v) is 7.90. The number of fused-ring (bicyclic) bond motifs is 1. The third-order valence-corrected chi connectivity index (χ3v) is 5.58. The average molecular weight is 381 g/mol. The molecule has 0 fully saturated rings. The SMILES string of the molecule is Cc1ccc(CC2C(=O)c3cc(Br)ccc3OS2(=O)=O)cc1. The molecule has 0 saturated carbocycles. The van der Waals surface area contributed by atoms with Crippen LogP contribution in [0.4, 0.5) is 0 Å². The summed E-state index contributed by atoms with van der Waals surface area (Å²) in [7, 11) is -3.97. The molecule has 0 aromatic heterocycles. The normalized spacial score (nSPS) is 19.4. The summed E-state index contributed by atoms with van der Waals surface area (Å²) in [5.41, 5.74) is 2.16. The topological polar surface area (TPSA) is 60.4 Å². The second-order valence-electron chi connectivity index (χ2n) is 5.26. The van der Waals surface area contributed by atoms with Gasteiger partial charge in [0.25, 0.3) is 0 Å². The summed E-state index contributed by atoms with van der Waals surface area (Å²) in [5, 5.41) is -1.21. The second kappa shape index (κ2) is 5.52. The molecule has 0 N–H and O–H groups in total. The van der Waals surface area contributed by atoms with E-state index in [2.05, 4.69) is 15.9 Å². The molecule has 2 aromatic carbocycles. The Morgan fingerprint density at radius 3 is 2.50 bits per heavy atom. The summed E-state index contributed by atoms with van der Waals surface area (Å²) in [6, 6.07) is 12.2. The van der Waals surface area contributed by atoms with Gasteiger partial charge in [-0.05, 0) is 30.7 Å². The molecule has 1 aliphatic heterocycles. The van der Waals surface area contributed by atoms with Crippen LogP contribution >= 0.6 is 15.9 Å². The predicted octanol–water partition coefficient (Wildman–Crippen LogP) is 3.27. The quantitative estimate of drug-likeness (QED) is 0.750. The highest BCUT2D eigenvalue weighted by Gasteiger charge is 2.41. The molecule has 114 valence electrons. The molecule has 3 rings (SSSR count). The largest absolute Gasteiger partial charge is 0.381 e. The summed E-state index contributed by atoms with van der Waals surface area (Å²) >= 11 is 3.28. The van der Waals surface area contributed by atoms with Crippen LogP contribution in [0.5, 0.6) is 5.75 Å². The molecule has 1 aliphatic rings. The number of ketones is 1. The minimum atomic E-state index is -3.97. The van der Waals surface area contributed by atoms with Gasteiger partial charge < -0.3 is 4.18 Å². The van der Waals surface area contributed by atoms with Crippen molar-refractivity contribution >= 4 is 31.8 Å². The zero-order valence-electron chi connectivity index (χ0n) is 11.7. The number of halogens is 1. The van der Waals surface area contributed by atoms with Gasteiger partial charge in [-0.3, -0.25) is 4.79 Å². The Kier molecular flexibility index (Phi) is 3.82. The van der Waals surface area contributed by atoms with Crippen LogP contribution in [0.3, 0.4) is 0 Å². The maximum Gasteiger partial charge on any atom is 0.320 e. The van der Waals surface area contributed by atoms with Crippen molar-refractivity contribution in [2.24, 2.45) is 0 Å². The Morgan fingerprint density at radius 2 is 1.82 bits per heavy atom. The number of benzene rings is 2. The molecule has 0 spiro atoms. The van der Waals surface area contributed by atoms with Crippen LogP contribution in [0.15, 0.2) is 46.9 Å². The van der Waals surface area contributed by atoms with E-state index in [4.69, 9.17) is 4.18 Å². The first-order valence-corrected chi connectivity index (χ1v) is 8.96. The van der Waals surface area contributed by atoms with E-state index in [1.165, 1.54) is 6.07 Å². The van der Waals surface area contributed by atoms with Crippen molar-refractivity contribution in [1.29, 1.82) is 0 Å². The van der Waals surface area contributed by atoms with Gasteiger partial charge in [-0.1, -0.05) is 45.8 Å². The number of hydrogen-bond donors (Lipinski definition) is 0. The summed E-state index contributed by atoms with van der Waals surface area (Å²) in [4.78, 5) is 12.6. The van der Waals surface area contributed by atoms with Crippen molar-refractivity contribution in [3.63, 3.8) is 0 Å². The fourth-order valence-corrected chi connectivity index (χ4v) is 4.05. The molecule has 0 amide bonds. The number of carbonyl (C=O) groups is 1. The van der Waals surface area contributed by atoms with Gasteiger partial charge in [0.1, 0.15) is 0 Å². The van der Waals surface area contributed by atoms with E-state index in [0.29, 0.717) is 10.0 Å². The van der Waals surface area contributed by atoms with E-state index in [1.54, 1.807) is 12.1 Å². The molecular weight excluding hydrogens is 368 g/mol. The van der Waals surface area contributed by atoms with Crippen LogP contribution in [0.2, 0.25) is 0 Å². The number of rotatable bonds is 2. The molecule has 0 bridgehead atoms. The van der Waals surface area contributed by atoms with Gasteiger partial charge >= 0.3 is 10.1 Å². The molecule has 22 heavy (non-hydrogen) atoms. The van der Waals surface area contributed by atoms with E-state index in [9.17, 15) is 13.2 Å². The maximum absolute atomic E-state index is 12.6. The number of Topliss-reactive ketones (excluding diaryl/α,β-unsaturated/α-hetero) is 1. The molecule has 1 atom stereocenters. The van der Waals surface area contributed by atoms with Crippen LogP contribution in [0, 0.1) is 6.92 Å². The minimum absolute atomic E-state index is 0.0911. The Bertz CT molecular complexity index is 841. The lowest BCUT2D eigenvalue weighted by Gasteiger charge is -2.23. The number of carbonyl (C=O) groups excluding carboxylic acids is 1. The molecule has 0 saturated heterocycles. The van der Waals surface area contributed by atoms with E-state index in [-0.39, 0.29) is 12.2 Å². The molecule has 1 heterocycles. The molecular formula is C16H13BrO4S. The third kappa shape index (κ3) is 2.80. The predicted molar refractivity (Wildman–Crippen MR) is 86.7 cm³/mol. The zero-order chi connectivity index (χ0) is 15.9. The first kappa shape index (κ1) is 15.2. The molecule has 0 radical (unpaired) electrons. The Labute approximate surface area is 137 Å². The lowest BCUT2D eigenvalue weighted by molar-refractivity contribution is 0.0976. The van der Waals surface area contributed by atoms with Gasteiger partial charge in [-0.2, -0.15) is 8.42 Å². The van der Waals surface area contributed by atoms with Gasteiger partial charge in [0.05, 0.1) is 5.56 Å². The van der Waals surface area contributed by atoms with Crippen LogP contribution in [0.1, 0.15) is 21.5 Å². The van der Waals surface area contributed by atoms with Gasteiger partial charge in [0.15, 0.2) is 16.8 Å². The van der Waals surface area contributed by atoms with E-state index < -0.39 is 21.2 Å². The summed E-state index contributed by atoms with van der Waals surface area (Å²) in [6.07, 6.45) is 0.105. The molecule has 6 heteroatoms. The molecule has 2 aromatic rings. The van der Waals surface area contributed by atoms with E-state index >= 15 is 0 Å². The van der Waals surface area contributed by atoms with Gasteiger partial charge in [0, 0.05) is 10.9 Å². The first-order valence-electron chi connectivity index (χ1n) is 6.69. The molecule has 0 aliphatic carbocycles. The van der Waals surface area contributed by atoms with Crippen molar-refractivity contribution in [3.05, 3.63) is 63.6 Å². The summed E-state index contributed by atoms with van der Waals surface area (Å²) in [6.45, 7) is 1.95. The first-order chi connectivity index (χ1) is 10.4. The Hall–Kier alpha value is -1.66. The van der Waals surface area contributed by atoms with Crippen molar-refractivity contribution in [2.75, 3.05) is 0 Å². The van der Waals surface area contributed by atoms with Crippen molar-refractivity contribution in [2.45, 2.75) is 18.6 Å². The average Bonchev–Trinajstić information content (AvgIpc) is 2.46.